The van der Waals surface area contributed by atoms with Gasteiger partial charge >= 0.3 is 5.69 Å². The lowest BCUT2D eigenvalue weighted by Crippen LogP contribution is -2.45. The molecule has 0 aliphatic carbocycles. The summed E-state index contributed by atoms with van der Waals surface area (Å²) in [6, 6.07) is 19.3. The van der Waals surface area contributed by atoms with Crippen molar-refractivity contribution in [2.45, 2.75) is 37.4 Å². The van der Waals surface area contributed by atoms with Gasteiger partial charge < -0.3 is 11.1 Å². The van der Waals surface area contributed by atoms with E-state index in [0.717, 1.165) is 15.7 Å². The summed E-state index contributed by atoms with van der Waals surface area (Å²) in [5.74, 6) is 0.0713. The number of nitrogens with zero attached hydrogens (tertiary/aromatic N) is 3. The minimum atomic E-state index is -3.78. The molecule has 0 fully saturated rings. The molecule has 40 heavy (non-hydrogen) atoms. The van der Waals surface area contributed by atoms with Crippen molar-refractivity contribution >= 4 is 21.6 Å². The van der Waals surface area contributed by atoms with Crippen molar-refractivity contribution < 1.29 is 13.2 Å². The molecule has 5 rings (SSSR count). The van der Waals surface area contributed by atoms with Crippen molar-refractivity contribution in [3.8, 4) is 22.3 Å². The van der Waals surface area contributed by atoms with E-state index in [1.165, 1.54) is 4.57 Å². The number of unbranched alkanes of at least 4 members (excludes halogenated alkanes) is 1. The number of hydrogen-bond acceptors (Lipinski definition) is 7. The molecule has 0 atom stereocenters. The Labute approximate surface area is 231 Å². The SMILES string of the molecule is Nc1ccc(-c2cccc(C(=O)NCCCCn3c(=O)c(-c4ccccc4)c4n(c3=O)CCCS4(=O)=O)c2)cn1. The van der Waals surface area contributed by atoms with Crippen LogP contribution in [-0.4, -0.2) is 40.7 Å². The molecule has 1 aliphatic heterocycles. The van der Waals surface area contributed by atoms with Crippen LogP contribution < -0.4 is 22.3 Å². The van der Waals surface area contributed by atoms with Crippen LogP contribution in [0.1, 0.15) is 29.6 Å². The van der Waals surface area contributed by atoms with Gasteiger partial charge in [-0.3, -0.25) is 18.7 Å². The molecule has 3 N–H and O–H groups in total. The number of fused-ring (bicyclic) bond motifs is 1. The first-order valence-corrected chi connectivity index (χ1v) is 14.7. The first kappa shape index (κ1) is 27.1. The molecule has 4 aromatic rings. The summed E-state index contributed by atoms with van der Waals surface area (Å²) < 4.78 is 28.2. The largest absolute Gasteiger partial charge is 0.384 e. The number of nitrogens with one attached hydrogen (secondary N) is 1. The molecular weight excluding hydrogens is 530 g/mol. The lowest BCUT2D eigenvalue weighted by molar-refractivity contribution is 0.0953. The van der Waals surface area contributed by atoms with E-state index < -0.39 is 21.1 Å². The number of sulfone groups is 1. The molecule has 11 heteroatoms. The van der Waals surface area contributed by atoms with Gasteiger partial charge in [-0.15, -0.1) is 0 Å². The van der Waals surface area contributed by atoms with Crippen LogP contribution in [0, 0.1) is 0 Å². The van der Waals surface area contributed by atoms with Crippen LogP contribution in [0.15, 0.2) is 87.5 Å². The van der Waals surface area contributed by atoms with E-state index in [1.807, 2.05) is 12.1 Å². The van der Waals surface area contributed by atoms with Crippen LogP contribution in [0.25, 0.3) is 22.3 Å². The summed E-state index contributed by atoms with van der Waals surface area (Å²) in [6.45, 7) is 0.676. The fourth-order valence-corrected chi connectivity index (χ4v) is 6.60. The van der Waals surface area contributed by atoms with Gasteiger partial charge in [-0.1, -0.05) is 42.5 Å². The Balaban J connectivity index is 1.29. The van der Waals surface area contributed by atoms with Crippen LogP contribution in [0.3, 0.4) is 0 Å². The predicted molar refractivity (Wildman–Crippen MR) is 153 cm³/mol. The van der Waals surface area contributed by atoms with Gasteiger partial charge in [0, 0.05) is 37.0 Å². The fraction of sp³-hybridized carbons (Fsp3) is 0.241. The van der Waals surface area contributed by atoms with Crippen LogP contribution in [0.2, 0.25) is 0 Å². The molecule has 0 radical (unpaired) electrons. The Hall–Kier alpha value is -4.51. The first-order valence-electron chi connectivity index (χ1n) is 13.0. The predicted octanol–water partition coefficient (Wildman–Crippen LogP) is 2.71. The van der Waals surface area contributed by atoms with Gasteiger partial charge in [0.15, 0.2) is 14.9 Å². The van der Waals surface area contributed by atoms with Crippen molar-refractivity contribution in [1.82, 2.24) is 19.4 Å². The van der Waals surface area contributed by atoms with E-state index in [1.54, 1.807) is 60.8 Å². The number of benzene rings is 2. The Morgan fingerprint density at radius 3 is 2.48 bits per heavy atom. The monoisotopic (exact) mass is 559 g/mol. The summed E-state index contributed by atoms with van der Waals surface area (Å²) in [5.41, 5.74) is 7.07. The Kier molecular flexibility index (Phi) is 7.65. The zero-order valence-electron chi connectivity index (χ0n) is 21.7. The molecular formula is C29H29N5O5S. The second-order valence-corrected chi connectivity index (χ2v) is 11.6. The molecule has 1 amide bonds. The average molecular weight is 560 g/mol. The van der Waals surface area contributed by atoms with Gasteiger partial charge in [-0.05, 0) is 54.7 Å². The fourth-order valence-electron chi connectivity index (χ4n) is 4.87. The zero-order valence-corrected chi connectivity index (χ0v) is 22.6. The van der Waals surface area contributed by atoms with E-state index >= 15 is 0 Å². The topological polar surface area (TPSA) is 146 Å². The number of rotatable bonds is 8. The highest BCUT2D eigenvalue weighted by molar-refractivity contribution is 7.91. The first-order chi connectivity index (χ1) is 19.3. The average Bonchev–Trinajstić information content (AvgIpc) is 2.95. The van der Waals surface area contributed by atoms with Gasteiger partial charge in [0.2, 0.25) is 0 Å². The molecule has 10 nitrogen and oxygen atoms in total. The van der Waals surface area contributed by atoms with E-state index in [-0.39, 0.29) is 35.3 Å². The molecule has 206 valence electrons. The molecule has 2 aromatic heterocycles. The van der Waals surface area contributed by atoms with E-state index in [4.69, 9.17) is 5.73 Å². The standard InChI is InChI=1S/C29H29N5O5S/c30-24-13-12-23(19-32-24)21-10-6-11-22(18-21)26(35)31-14-4-5-15-33-27(36)25(20-8-2-1-3-9-20)28-34(29(33)37)16-7-17-40(28,38)39/h1-3,6,8-13,18-19H,4-5,7,14-17H2,(H2,30,32)(H,31,35). The van der Waals surface area contributed by atoms with Crippen molar-refractivity contribution in [2.75, 3.05) is 18.0 Å². The van der Waals surface area contributed by atoms with Crippen LogP contribution >= 0.6 is 0 Å². The summed E-state index contributed by atoms with van der Waals surface area (Å²) in [6.07, 6.45) is 2.91. The number of carbonyl (C=O) groups is 1. The number of anilines is 1. The van der Waals surface area contributed by atoms with Crippen LogP contribution in [0.5, 0.6) is 0 Å². The number of pyridine rings is 1. The molecule has 3 heterocycles. The number of hydrogen-bond donors (Lipinski definition) is 2. The van der Waals surface area contributed by atoms with Crippen molar-refractivity contribution in [2.24, 2.45) is 0 Å². The normalized spacial score (nSPS) is 13.9. The lowest BCUT2D eigenvalue weighted by Gasteiger charge is -2.23. The van der Waals surface area contributed by atoms with Gasteiger partial charge in [0.25, 0.3) is 11.5 Å². The minimum absolute atomic E-state index is 0.0318. The van der Waals surface area contributed by atoms with Gasteiger partial charge in [-0.25, -0.2) is 18.2 Å². The highest BCUT2D eigenvalue weighted by Gasteiger charge is 2.32. The number of aromatic nitrogens is 3. The van der Waals surface area contributed by atoms with Gasteiger partial charge in [-0.2, -0.15) is 0 Å². The van der Waals surface area contributed by atoms with Crippen LogP contribution in [-0.2, 0) is 22.9 Å². The van der Waals surface area contributed by atoms with E-state index in [9.17, 15) is 22.8 Å². The highest BCUT2D eigenvalue weighted by Crippen LogP contribution is 2.27. The Morgan fingerprint density at radius 2 is 1.73 bits per heavy atom. The molecule has 0 spiro atoms. The van der Waals surface area contributed by atoms with Crippen molar-refractivity contribution in [1.29, 1.82) is 0 Å². The maximum Gasteiger partial charge on any atom is 0.332 e. The summed E-state index contributed by atoms with van der Waals surface area (Å²) >= 11 is 0. The molecule has 1 aliphatic rings. The summed E-state index contributed by atoms with van der Waals surface area (Å²) in [4.78, 5) is 43.5. The number of carbonyl (C=O) groups excluding carboxylic acids is 1. The maximum absolute atomic E-state index is 13.5. The third-order valence-electron chi connectivity index (χ3n) is 6.87. The third-order valence-corrected chi connectivity index (χ3v) is 8.71. The van der Waals surface area contributed by atoms with Gasteiger partial charge in [0.1, 0.15) is 5.82 Å². The molecule has 0 saturated carbocycles. The summed E-state index contributed by atoms with van der Waals surface area (Å²) in [5, 5.41) is 2.68. The second kappa shape index (κ2) is 11.3. The summed E-state index contributed by atoms with van der Waals surface area (Å²) in [7, 11) is -3.78. The van der Waals surface area contributed by atoms with Crippen LogP contribution in [0.4, 0.5) is 5.82 Å². The smallest absolute Gasteiger partial charge is 0.332 e. The van der Waals surface area contributed by atoms with E-state index in [0.29, 0.717) is 42.8 Å². The minimum Gasteiger partial charge on any atom is -0.384 e. The Bertz CT molecular complexity index is 1780. The zero-order chi connectivity index (χ0) is 28.3. The maximum atomic E-state index is 13.5. The van der Waals surface area contributed by atoms with E-state index in [2.05, 4.69) is 10.3 Å². The third kappa shape index (κ3) is 5.46. The lowest BCUT2D eigenvalue weighted by atomic mass is 10.0. The number of nitrogen functional groups attached to an aromatic ring is 1. The Morgan fingerprint density at radius 1 is 0.950 bits per heavy atom. The highest BCUT2D eigenvalue weighted by atomic mass is 32.2. The molecule has 2 aromatic carbocycles. The second-order valence-electron chi connectivity index (χ2n) is 9.63. The van der Waals surface area contributed by atoms with Gasteiger partial charge in [0.05, 0.1) is 11.3 Å². The molecule has 0 unspecified atom stereocenters. The quantitative estimate of drug-likeness (QED) is 0.249. The molecule has 0 bridgehead atoms. The van der Waals surface area contributed by atoms with Crippen molar-refractivity contribution in [3.05, 3.63) is 99.3 Å². The number of nitrogens with two attached hydrogens (primary N) is 1. The number of amides is 1. The van der Waals surface area contributed by atoms with Crippen molar-refractivity contribution in [3.63, 3.8) is 0 Å². The molecule has 0 saturated heterocycles.